The van der Waals surface area contributed by atoms with Crippen molar-refractivity contribution in [1.82, 2.24) is 0 Å². The van der Waals surface area contributed by atoms with E-state index in [1.807, 2.05) is 0 Å². The van der Waals surface area contributed by atoms with Gasteiger partial charge in [0.15, 0.2) is 0 Å². The van der Waals surface area contributed by atoms with Gasteiger partial charge in [0.05, 0.1) is 0 Å². The van der Waals surface area contributed by atoms with Crippen LogP contribution in [0.25, 0.3) is 0 Å². The molecule has 2 bridgehead atoms. The Bertz CT molecular complexity index is 162. The van der Waals surface area contributed by atoms with E-state index in [-0.39, 0.29) is 0 Å². The molecule has 3 rings (SSSR count). The number of carbonyl (C=O) groups excluding carboxylic acids is 1. The first kappa shape index (κ1) is 6.38. The summed E-state index contributed by atoms with van der Waals surface area (Å²) < 4.78 is 0. The molecule has 1 nitrogen and oxygen atoms in total. The predicted octanol–water partition coefficient (Wildman–Crippen LogP) is 2.01. The summed E-state index contributed by atoms with van der Waals surface area (Å²) >= 11 is 0. The summed E-state index contributed by atoms with van der Waals surface area (Å²) in [5, 5.41) is 0. The number of rotatable bonds is 0. The van der Waals surface area contributed by atoms with Crippen molar-refractivity contribution in [3.8, 4) is 0 Å². The zero-order valence-electron chi connectivity index (χ0n) is 6.47. The Hall–Kier alpha value is -0.330. The molecule has 3 aliphatic carbocycles. The van der Waals surface area contributed by atoms with Crippen molar-refractivity contribution in [3.05, 3.63) is 0 Å². The lowest BCUT2D eigenvalue weighted by molar-refractivity contribution is -0.131. The molecule has 0 aliphatic heterocycles. The molecule has 0 unspecified atom stereocenters. The lowest BCUT2D eigenvalue weighted by atomic mass is 9.65. The van der Waals surface area contributed by atoms with Crippen molar-refractivity contribution in [2.24, 2.45) is 17.8 Å². The van der Waals surface area contributed by atoms with Gasteiger partial charge in [-0.3, -0.25) is 4.79 Å². The van der Waals surface area contributed by atoms with E-state index in [9.17, 15) is 4.79 Å². The molecule has 0 heterocycles. The first-order chi connectivity index (χ1) is 4.77. The first-order valence-corrected chi connectivity index (χ1v) is 4.30. The van der Waals surface area contributed by atoms with Gasteiger partial charge in [-0.05, 0) is 31.1 Å². The van der Waals surface area contributed by atoms with Crippen LogP contribution in [0.4, 0.5) is 0 Å². The molecular formula is C9H14O. The lowest BCUT2D eigenvalue weighted by Crippen LogP contribution is -2.37. The van der Waals surface area contributed by atoms with Gasteiger partial charge in [0.1, 0.15) is 5.78 Å². The molecule has 0 amide bonds. The SMILES string of the molecule is C[C@@H]1C[C@H]2CC[C@@H]1C(=O)C2. The number of carbonyl (C=O) groups is 1. The maximum absolute atomic E-state index is 11.3. The maximum Gasteiger partial charge on any atom is 0.136 e. The fraction of sp³-hybridized carbons (Fsp3) is 0.889. The normalized spacial score (nSPS) is 46.1. The zero-order chi connectivity index (χ0) is 7.14. The van der Waals surface area contributed by atoms with E-state index >= 15 is 0 Å². The number of Topliss-reactive ketones (excluding diaryl/α,β-unsaturated/α-hetero) is 1. The fourth-order valence-corrected chi connectivity index (χ4v) is 2.61. The zero-order valence-corrected chi connectivity index (χ0v) is 6.47. The van der Waals surface area contributed by atoms with E-state index in [0.29, 0.717) is 17.6 Å². The second-order valence-corrected chi connectivity index (χ2v) is 3.93. The van der Waals surface area contributed by atoms with Gasteiger partial charge >= 0.3 is 0 Å². The van der Waals surface area contributed by atoms with Crippen molar-refractivity contribution < 1.29 is 4.79 Å². The molecule has 0 aromatic rings. The molecule has 0 saturated heterocycles. The van der Waals surface area contributed by atoms with Gasteiger partial charge in [-0.2, -0.15) is 0 Å². The molecular weight excluding hydrogens is 124 g/mol. The van der Waals surface area contributed by atoms with Crippen LogP contribution in [0.3, 0.4) is 0 Å². The van der Waals surface area contributed by atoms with E-state index < -0.39 is 0 Å². The van der Waals surface area contributed by atoms with E-state index in [1.165, 1.54) is 19.3 Å². The third-order valence-corrected chi connectivity index (χ3v) is 3.18. The number of hydrogen-bond donors (Lipinski definition) is 0. The number of ketones is 1. The van der Waals surface area contributed by atoms with Gasteiger partial charge in [-0.1, -0.05) is 6.92 Å². The quantitative estimate of drug-likeness (QED) is 0.500. The summed E-state index contributed by atoms with van der Waals surface area (Å²) in [5.41, 5.74) is 0. The van der Waals surface area contributed by atoms with Crippen LogP contribution >= 0.6 is 0 Å². The highest BCUT2D eigenvalue weighted by Gasteiger charge is 2.38. The minimum atomic E-state index is 0.449. The Morgan fingerprint density at radius 3 is 2.60 bits per heavy atom. The van der Waals surface area contributed by atoms with E-state index in [0.717, 1.165) is 12.3 Å². The highest BCUT2D eigenvalue weighted by molar-refractivity contribution is 5.83. The van der Waals surface area contributed by atoms with E-state index in [1.54, 1.807) is 0 Å². The molecule has 0 aromatic heterocycles. The lowest BCUT2D eigenvalue weighted by Gasteiger charge is -2.39. The molecule has 0 N–H and O–H groups in total. The Kier molecular flexibility index (Phi) is 1.33. The fourth-order valence-electron chi connectivity index (χ4n) is 2.61. The average Bonchev–Trinajstić information content (AvgIpc) is 1.86. The summed E-state index contributed by atoms with van der Waals surface area (Å²) in [6, 6.07) is 0. The van der Waals surface area contributed by atoms with Crippen LogP contribution in [0.2, 0.25) is 0 Å². The molecule has 56 valence electrons. The molecule has 3 aliphatic rings. The number of hydrogen-bond acceptors (Lipinski definition) is 1. The van der Waals surface area contributed by atoms with Gasteiger partial charge in [-0.25, -0.2) is 0 Å². The predicted molar refractivity (Wildman–Crippen MR) is 39.6 cm³/mol. The van der Waals surface area contributed by atoms with E-state index in [2.05, 4.69) is 6.92 Å². The maximum atomic E-state index is 11.3. The number of fused-ring (bicyclic) bond motifs is 3. The van der Waals surface area contributed by atoms with Crippen LogP contribution in [0.15, 0.2) is 0 Å². The highest BCUT2D eigenvalue weighted by atomic mass is 16.1. The van der Waals surface area contributed by atoms with Crippen LogP contribution in [-0.2, 0) is 4.79 Å². The Labute approximate surface area is 61.8 Å². The third kappa shape index (κ3) is 0.799. The highest BCUT2D eigenvalue weighted by Crippen LogP contribution is 2.42. The minimum absolute atomic E-state index is 0.449. The summed E-state index contributed by atoms with van der Waals surface area (Å²) in [7, 11) is 0. The van der Waals surface area contributed by atoms with Crippen LogP contribution in [-0.4, -0.2) is 5.78 Å². The van der Waals surface area contributed by atoms with Crippen LogP contribution in [0, 0.1) is 17.8 Å². The molecule has 1 heteroatoms. The molecule has 10 heavy (non-hydrogen) atoms. The van der Waals surface area contributed by atoms with Gasteiger partial charge in [0.2, 0.25) is 0 Å². The van der Waals surface area contributed by atoms with Crippen molar-refractivity contribution in [3.63, 3.8) is 0 Å². The van der Waals surface area contributed by atoms with Crippen molar-refractivity contribution in [2.45, 2.75) is 32.6 Å². The van der Waals surface area contributed by atoms with Gasteiger partial charge in [-0.15, -0.1) is 0 Å². The average molecular weight is 138 g/mol. The molecule has 3 saturated carbocycles. The van der Waals surface area contributed by atoms with Crippen molar-refractivity contribution >= 4 is 5.78 Å². The summed E-state index contributed by atoms with van der Waals surface area (Å²) in [6.45, 7) is 2.23. The van der Waals surface area contributed by atoms with Crippen LogP contribution in [0.5, 0.6) is 0 Å². The smallest absolute Gasteiger partial charge is 0.136 e. The molecule has 0 spiro atoms. The van der Waals surface area contributed by atoms with Gasteiger partial charge in [0, 0.05) is 12.3 Å². The first-order valence-electron chi connectivity index (χ1n) is 4.30. The standard InChI is InChI=1S/C9H14O/c1-6-4-7-2-3-8(6)9(10)5-7/h6-8H,2-5H2,1H3/t6-,7-,8+/m1/s1. The second-order valence-electron chi connectivity index (χ2n) is 3.93. The topological polar surface area (TPSA) is 17.1 Å². The Morgan fingerprint density at radius 2 is 2.20 bits per heavy atom. The molecule has 3 fully saturated rings. The summed E-state index contributed by atoms with van der Waals surface area (Å²) in [6.07, 6.45) is 4.72. The molecule has 0 radical (unpaired) electrons. The van der Waals surface area contributed by atoms with Gasteiger partial charge in [0.25, 0.3) is 0 Å². The Balaban J connectivity index is 2.18. The van der Waals surface area contributed by atoms with Crippen molar-refractivity contribution in [1.29, 1.82) is 0 Å². The van der Waals surface area contributed by atoms with Crippen LogP contribution in [0.1, 0.15) is 32.6 Å². The van der Waals surface area contributed by atoms with Crippen LogP contribution < -0.4 is 0 Å². The van der Waals surface area contributed by atoms with E-state index in [4.69, 9.17) is 0 Å². The largest absolute Gasteiger partial charge is 0.299 e. The molecule has 3 atom stereocenters. The second kappa shape index (κ2) is 2.08. The minimum Gasteiger partial charge on any atom is -0.299 e. The monoisotopic (exact) mass is 138 g/mol. The Morgan fingerprint density at radius 1 is 1.40 bits per heavy atom. The third-order valence-electron chi connectivity index (χ3n) is 3.18. The molecule has 0 aromatic carbocycles. The summed E-state index contributed by atoms with van der Waals surface area (Å²) in [4.78, 5) is 11.3. The van der Waals surface area contributed by atoms with Gasteiger partial charge < -0.3 is 0 Å². The van der Waals surface area contributed by atoms with Crippen molar-refractivity contribution in [2.75, 3.05) is 0 Å². The summed E-state index contributed by atoms with van der Waals surface area (Å²) in [5.74, 6) is 2.45.